The van der Waals surface area contributed by atoms with Gasteiger partial charge in [-0.15, -0.1) is 0 Å². The van der Waals surface area contributed by atoms with Crippen LogP contribution in [0.25, 0.3) is 0 Å². The van der Waals surface area contributed by atoms with E-state index in [1.54, 1.807) is 19.9 Å². The molecule has 1 amide bonds. The molecule has 23 heavy (non-hydrogen) atoms. The van der Waals surface area contributed by atoms with Crippen LogP contribution in [0, 0.1) is 6.92 Å². The van der Waals surface area contributed by atoms with Crippen molar-refractivity contribution in [3.05, 3.63) is 46.7 Å². The summed E-state index contributed by atoms with van der Waals surface area (Å²) in [5, 5.41) is 5.83. The summed E-state index contributed by atoms with van der Waals surface area (Å²) in [6.45, 7) is 6.87. The first-order valence-corrected chi connectivity index (χ1v) is 7.42. The Morgan fingerprint density at radius 2 is 1.87 bits per heavy atom. The van der Waals surface area contributed by atoms with Gasteiger partial charge in [0.15, 0.2) is 5.78 Å². The average molecular weight is 311 g/mol. The van der Waals surface area contributed by atoms with Gasteiger partial charge in [-0.05, 0) is 56.2 Å². The number of amides is 1. The number of Topliss-reactive ketones (excluding diaryl/α,β-unsaturated/α-hetero) is 1. The Hall–Kier alpha value is -2.69. The molecule has 1 aromatic carbocycles. The molecule has 0 spiro atoms. The minimum absolute atomic E-state index is 0.0746. The lowest BCUT2D eigenvalue weighted by Crippen LogP contribution is -2.30. The lowest BCUT2D eigenvalue weighted by atomic mass is 9.94. The summed E-state index contributed by atoms with van der Waals surface area (Å²) >= 11 is 0. The fraction of sp³-hybridized carbons (Fsp3) is 0.278. The first-order chi connectivity index (χ1) is 10.8. The van der Waals surface area contributed by atoms with Crippen molar-refractivity contribution in [2.75, 3.05) is 12.4 Å². The number of benzene rings is 1. The maximum Gasteiger partial charge on any atom is 0.221 e. The molecule has 0 bridgehead atoms. The molecular weight excluding hydrogens is 290 g/mol. The van der Waals surface area contributed by atoms with Gasteiger partial charge < -0.3 is 10.6 Å². The first kappa shape index (κ1) is 16.7. The van der Waals surface area contributed by atoms with Gasteiger partial charge in [-0.25, -0.2) is 4.99 Å². The molecule has 5 heteroatoms. The van der Waals surface area contributed by atoms with E-state index >= 15 is 0 Å². The molecule has 0 aromatic heterocycles. The van der Waals surface area contributed by atoms with E-state index in [2.05, 4.69) is 15.6 Å². The normalized spacial score (nSPS) is 16.5. The summed E-state index contributed by atoms with van der Waals surface area (Å²) in [6, 6.07) is 5.80. The highest BCUT2D eigenvalue weighted by molar-refractivity contribution is 6.25. The number of rotatable bonds is 3. The van der Waals surface area contributed by atoms with Crippen LogP contribution in [-0.4, -0.2) is 24.4 Å². The number of nitrogens with zero attached hydrogens (tertiary/aromatic N) is 1. The van der Waals surface area contributed by atoms with Gasteiger partial charge in [0, 0.05) is 25.2 Å². The first-order valence-electron chi connectivity index (χ1n) is 7.42. The number of ketones is 1. The third-order valence-electron chi connectivity index (χ3n) is 3.71. The summed E-state index contributed by atoms with van der Waals surface area (Å²) < 4.78 is 0. The average Bonchev–Trinajstić information content (AvgIpc) is 2.49. The molecule has 2 rings (SSSR count). The minimum Gasteiger partial charge on any atom is -0.388 e. The Balaban J connectivity index is 2.51. The highest BCUT2D eigenvalue weighted by Crippen LogP contribution is 2.25. The Morgan fingerprint density at radius 3 is 2.43 bits per heavy atom. The largest absolute Gasteiger partial charge is 0.388 e. The van der Waals surface area contributed by atoms with Crippen LogP contribution in [0.15, 0.2) is 46.1 Å². The van der Waals surface area contributed by atoms with E-state index in [4.69, 9.17) is 0 Å². The molecule has 0 heterocycles. The smallest absolute Gasteiger partial charge is 0.221 e. The lowest BCUT2D eigenvalue weighted by Gasteiger charge is -2.18. The number of aliphatic imine (C=N–C) groups is 1. The van der Waals surface area contributed by atoms with E-state index in [9.17, 15) is 9.59 Å². The molecule has 0 saturated heterocycles. The molecule has 120 valence electrons. The van der Waals surface area contributed by atoms with Gasteiger partial charge in [-0.3, -0.25) is 9.59 Å². The van der Waals surface area contributed by atoms with Crippen molar-refractivity contribution in [3.8, 4) is 0 Å². The number of hydrogen-bond donors (Lipinski definition) is 2. The Morgan fingerprint density at radius 1 is 1.17 bits per heavy atom. The minimum atomic E-state index is -0.227. The van der Waals surface area contributed by atoms with Crippen LogP contribution in [0.4, 0.5) is 11.4 Å². The molecule has 0 fully saturated rings. The second-order valence-corrected chi connectivity index (χ2v) is 5.58. The van der Waals surface area contributed by atoms with Crippen molar-refractivity contribution in [1.82, 2.24) is 5.32 Å². The predicted molar refractivity (Wildman–Crippen MR) is 93.1 cm³/mol. The zero-order chi connectivity index (χ0) is 17.1. The fourth-order valence-corrected chi connectivity index (χ4v) is 2.50. The maximum atomic E-state index is 12.1. The number of carbonyl (C=O) groups excluding carboxylic acids is 2. The second-order valence-electron chi connectivity index (χ2n) is 5.58. The maximum absolute atomic E-state index is 12.1. The standard InChI is InChI=1S/C18H21N3O2/c1-10-8-14(6-7-15(10)19-5)21-16-9-11(2)18(23)12(3)17(16)20-13(4)22/h6-9,19H,1-5H3,(H,20,22). The molecule has 0 aliphatic heterocycles. The quantitative estimate of drug-likeness (QED) is 0.843. The summed E-state index contributed by atoms with van der Waals surface area (Å²) in [5.41, 5.74) is 5.05. The van der Waals surface area contributed by atoms with Crippen LogP contribution >= 0.6 is 0 Å². The van der Waals surface area contributed by atoms with Crippen molar-refractivity contribution in [2.24, 2.45) is 4.99 Å². The molecule has 2 N–H and O–H groups in total. The molecular formula is C18H21N3O2. The van der Waals surface area contributed by atoms with Crippen molar-refractivity contribution < 1.29 is 9.59 Å². The van der Waals surface area contributed by atoms with Crippen molar-refractivity contribution in [2.45, 2.75) is 27.7 Å². The number of anilines is 1. The van der Waals surface area contributed by atoms with Crippen molar-refractivity contribution >= 4 is 28.8 Å². The number of allylic oxidation sites excluding steroid dienone is 3. The molecule has 0 saturated carbocycles. The van der Waals surface area contributed by atoms with E-state index in [0.717, 1.165) is 16.9 Å². The molecule has 0 radical (unpaired) electrons. The van der Waals surface area contributed by atoms with Crippen LogP contribution in [0.3, 0.4) is 0 Å². The van der Waals surface area contributed by atoms with Gasteiger partial charge in [-0.1, -0.05) is 0 Å². The van der Waals surface area contributed by atoms with E-state index in [1.165, 1.54) is 6.92 Å². The number of aryl methyl sites for hydroxylation is 1. The third-order valence-corrected chi connectivity index (χ3v) is 3.71. The summed E-state index contributed by atoms with van der Waals surface area (Å²) in [7, 11) is 1.87. The van der Waals surface area contributed by atoms with Crippen LogP contribution in [0.5, 0.6) is 0 Å². The highest BCUT2D eigenvalue weighted by Gasteiger charge is 2.22. The molecule has 0 atom stereocenters. The van der Waals surface area contributed by atoms with Crippen LogP contribution < -0.4 is 10.6 Å². The van der Waals surface area contributed by atoms with E-state index < -0.39 is 0 Å². The topological polar surface area (TPSA) is 70.6 Å². The summed E-state index contributed by atoms with van der Waals surface area (Å²) in [5.74, 6) is -0.302. The van der Waals surface area contributed by atoms with Gasteiger partial charge >= 0.3 is 0 Å². The van der Waals surface area contributed by atoms with Crippen LogP contribution in [-0.2, 0) is 9.59 Å². The lowest BCUT2D eigenvalue weighted by molar-refractivity contribution is -0.118. The monoisotopic (exact) mass is 311 g/mol. The van der Waals surface area contributed by atoms with Gasteiger partial charge in [0.1, 0.15) is 0 Å². The number of hydrogen-bond acceptors (Lipinski definition) is 4. The van der Waals surface area contributed by atoms with Gasteiger partial charge in [0.05, 0.1) is 17.1 Å². The second kappa shape index (κ2) is 6.60. The third kappa shape index (κ3) is 3.56. The SMILES string of the molecule is CNc1ccc(N=C2C=C(C)C(=O)C(C)=C2NC(C)=O)cc1C. The molecule has 0 unspecified atom stereocenters. The predicted octanol–water partition coefficient (Wildman–Crippen LogP) is 3.05. The fourth-order valence-electron chi connectivity index (χ4n) is 2.50. The highest BCUT2D eigenvalue weighted by atomic mass is 16.1. The molecule has 5 nitrogen and oxygen atoms in total. The Bertz CT molecular complexity index is 770. The molecule has 1 aliphatic rings. The number of carbonyl (C=O) groups is 2. The Labute approximate surface area is 136 Å². The van der Waals surface area contributed by atoms with Crippen LogP contribution in [0.1, 0.15) is 26.3 Å². The summed E-state index contributed by atoms with van der Waals surface area (Å²) in [4.78, 5) is 28.2. The van der Waals surface area contributed by atoms with Crippen LogP contribution in [0.2, 0.25) is 0 Å². The van der Waals surface area contributed by atoms with Gasteiger partial charge in [0.2, 0.25) is 5.91 Å². The van der Waals surface area contributed by atoms with Gasteiger partial charge in [0.25, 0.3) is 0 Å². The van der Waals surface area contributed by atoms with Crippen molar-refractivity contribution in [3.63, 3.8) is 0 Å². The zero-order valence-corrected chi connectivity index (χ0v) is 14.1. The Kier molecular flexibility index (Phi) is 4.79. The molecule has 1 aromatic rings. The van der Waals surface area contributed by atoms with Crippen molar-refractivity contribution in [1.29, 1.82) is 0 Å². The van der Waals surface area contributed by atoms with E-state index in [-0.39, 0.29) is 11.7 Å². The number of nitrogens with one attached hydrogen (secondary N) is 2. The molecule has 1 aliphatic carbocycles. The summed E-state index contributed by atoms with van der Waals surface area (Å²) in [6.07, 6.45) is 1.71. The zero-order valence-electron chi connectivity index (χ0n) is 14.1. The van der Waals surface area contributed by atoms with E-state index in [0.29, 0.717) is 22.6 Å². The van der Waals surface area contributed by atoms with Gasteiger partial charge in [-0.2, -0.15) is 0 Å². The van der Waals surface area contributed by atoms with E-state index in [1.807, 2.05) is 32.2 Å².